The normalized spacial score (nSPS) is 19.2. The van der Waals surface area contributed by atoms with Crippen LogP contribution in [0.5, 0.6) is 0 Å². The number of halogens is 1. The molecular formula is C25H37FN4O3. The standard InChI is InChI=1S/C25H37FN4O3/c1-4-22(31)28-24(25(33)30-13-11-29(3)12-14-30)17(2)19-9-10-21(20(26)16-19)27-23(32)15-18-7-5-6-8-18/h9-10,16-18,24H,4-8,11-15H2,1-3H3,(H,27,32)(H,28,31)/t17-,24+/m0/s1. The fourth-order valence-corrected chi connectivity index (χ4v) is 4.69. The number of anilines is 1. The summed E-state index contributed by atoms with van der Waals surface area (Å²) in [6.45, 7) is 6.31. The number of benzene rings is 1. The number of carbonyl (C=O) groups excluding carboxylic acids is 3. The van der Waals surface area contributed by atoms with Crippen molar-refractivity contribution in [3.8, 4) is 0 Å². The van der Waals surface area contributed by atoms with Gasteiger partial charge < -0.3 is 20.4 Å². The Morgan fingerprint density at radius 2 is 1.76 bits per heavy atom. The minimum Gasteiger partial charge on any atom is -0.344 e. The number of nitrogens with zero attached hydrogens (tertiary/aromatic N) is 2. The fourth-order valence-electron chi connectivity index (χ4n) is 4.69. The van der Waals surface area contributed by atoms with Gasteiger partial charge in [-0.1, -0.05) is 32.8 Å². The van der Waals surface area contributed by atoms with Crippen molar-refractivity contribution in [2.24, 2.45) is 5.92 Å². The third-order valence-electron chi connectivity index (χ3n) is 6.96. The van der Waals surface area contributed by atoms with Crippen LogP contribution in [0.2, 0.25) is 0 Å². The number of nitrogens with one attached hydrogen (secondary N) is 2. The molecule has 1 aliphatic carbocycles. The summed E-state index contributed by atoms with van der Waals surface area (Å²) in [5.41, 5.74) is 0.749. The van der Waals surface area contributed by atoms with E-state index in [0.29, 0.717) is 31.0 Å². The van der Waals surface area contributed by atoms with Crippen LogP contribution in [0.1, 0.15) is 63.9 Å². The number of amides is 3. The maximum Gasteiger partial charge on any atom is 0.245 e. The molecule has 8 heteroatoms. The van der Waals surface area contributed by atoms with Gasteiger partial charge in [-0.05, 0) is 43.5 Å². The van der Waals surface area contributed by atoms with Gasteiger partial charge in [0.1, 0.15) is 11.9 Å². The monoisotopic (exact) mass is 460 g/mol. The highest BCUT2D eigenvalue weighted by molar-refractivity contribution is 5.91. The van der Waals surface area contributed by atoms with Gasteiger partial charge in [0, 0.05) is 44.9 Å². The molecule has 3 rings (SSSR count). The molecule has 2 fully saturated rings. The average molecular weight is 461 g/mol. The van der Waals surface area contributed by atoms with Gasteiger partial charge in [0.25, 0.3) is 0 Å². The summed E-state index contributed by atoms with van der Waals surface area (Å²) < 4.78 is 14.9. The molecule has 0 aromatic heterocycles. The summed E-state index contributed by atoms with van der Waals surface area (Å²) in [6, 6.07) is 3.86. The van der Waals surface area contributed by atoms with Crippen LogP contribution >= 0.6 is 0 Å². The Hall–Kier alpha value is -2.48. The Morgan fingerprint density at radius 3 is 2.36 bits per heavy atom. The van der Waals surface area contributed by atoms with Gasteiger partial charge in [-0.2, -0.15) is 0 Å². The Balaban J connectivity index is 1.71. The first-order chi connectivity index (χ1) is 15.8. The van der Waals surface area contributed by atoms with E-state index < -0.39 is 17.8 Å². The Kier molecular flexibility index (Phi) is 8.83. The summed E-state index contributed by atoms with van der Waals surface area (Å²) in [5, 5.41) is 5.53. The minimum atomic E-state index is -0.775. The first kappa shape index (κ1) is 25.1. The third-order valence-corrected chi connectivity index (χ3v) is 6.96. The van der Waals surface area contributed by atoms with Crippen molar-refractivity contribution in [1.82, 2.24) is 15.1 Å². The van der Waals surface area contributed by atoms with Crippen LogP contribution in [0.25, 0.3) is 0 Å². The molecule has 1 aromatic rings. The maximum absolute atomic E-state index is 14.9. The van der Waals surface area contributed by atoms with Gasteiger partial charge in [-0.15, -0.1) is 0 Å². The zero-order valence-corrected chi connectivity index (χ0v) is 20.0. The van der Waals surface area contributed by atoms with E-state index in [-0.39, 0.29) is 29.8 Å². The molecule has 1 aliphatic heterocycles. The van der Waals surface area contributed by atoms with Crippen molar-refractivity contribution in [2.45, 2.75) is 64.3 Å². The second kappa shape index (κ2) is 11.6. The van der Waals surface area contributed by atoms with Gasteiger partial charge in [-0.25, -0.2) is 4.39 Å². The Bertz CT molecular complexity index is 848. The first-order valence-corrected chi connectivity index (χ1v) is 12.1. The summed E-state index contributed by atoms with van der Waals surface area (Å²) >= 11 is 0. The van der Waals surface area contributed by atoms with Crippen molar-refractivity contribution in [3.05, 3.63) is 29.6 Å². The lowest BCUT2D eigenvalue weighted by Crippen LogP contribution is -2.55. The van der Waals surface area contributed by atoms with E-state index in [1.54, 1.807) is 24.0 Å². The summed E-state index contributed by atoms with van der Waals surface area (Å²) in [4.78, 5) is 41.7. The zero-order valence-electron chi connectivity index (χ0n) is 20.0. The quantitative estimate of drug-likeness (QED) is 0.625. The van der Waals surface area contributed by atoms with E-state index in [2.05, 4.69) is 15.5 Å². The maximum atomic E-state index is 14.9. The number of likely N-dealkylation sites (N-methyl/N-ethyl adjacent to an activating group) is 1. The topological polar surface area (TPSA) is 81.8 Å². The molecule has 0 unspecified atom stereocenters. The average Bonchev–Trinajstić information content (AvgIpc) is 3.31. The second-order valence-corrected chi connectivity index (χ2v) is 9.46. The zero-order chi connectivity index (χ0) is 24.0. The minimum absolute atomic E-state index is 0.147. The van der Waals surface area contributed by atoms with E-state index >= 15 is 0 Å². The largest absolute Gasteiger partial charge is 0.344 e. The summed E-state index contributed by atoms with van der Waals surface area (Å²) in [5.74, 6) is -1.11. The lowest BCUT2D eigenvalue weighted by atomic mass is 9.91. The molecule has 33 heavy (non-hydrogen) atoms. The number of rotatable bonds is 8. The third kappa shape index (κ3) is 6.76. The molecule has 2 N–H and O–H groups in total. The van der Waals surface area contributed by atoms with Crippen molar-refractivity contribution in [1.29, 1.82) is 0 Å². The van der Waals surface area contributed by atoms with E-state index in [1.807, 2.05) is 14.0 Å². The molecule has 0 radical (unpaired) electrons. The molecule has 2 atom stereocenters. The molecule has 182 valence electrons. The molecule has 0 spiro atoms. The molecule has 1 aromatic carbocycles. The number of hydrogen-bond donors (Lipinski definition) is 2. The molecule has 3 amide bonds. The molecule has 7 nitrogen and oxygen atoms in total. The SMILES string of the molecule is CCC(=O)N[C@@H](C(=O)N1CCN(C)CC1)[C@@H](C)c1ccc(NC(=O)CC2CCCC2)c(F)c1. The number of piperazine rings is 1. The molecule has 2 aliphatic rings. The van der Waals surface area contributed by atoms with Gasteiger partial charge in [0.05, 0.1) is 5.69 Å². The van der Waals surface area contributed by atoms with E-state index in [1.165, 1.54) is 6.07 Å². The molecule has 0 bridgehead atoms. The Morgan fingerprint density at radius 1 is 1.09 bits per heavy atom. The smallest absolute Gasteiger partial charge is 0.245 e. The van der Waals surface area contributed by atoms with E-state index in [0.717, 1.165) is 38.8 Å². The first-order valence-electron chi connectivity index (χ1n) is 12.1. The fraction of sp³-hybridized carbons (Fsp3) is 0.640. The van der Waals surface area contributed by atoms with Gasteiger partial charge in [0.15, 0.2) is 0 Å². The molecule has 1 saturated heterocycles. The van der Waals surface area contributed by atoms with Crippen LogP contribution < -0.4 is 10.6 Å². The molecule has 1 saturated carbocycles. The van der Waals surface area contributed by atoms with Gasteiger partial charge in [-0.3, -0.25) is 14.4 Å². The highest BCUT2D eigenvalue weighted by atomic mass is 19.1. The lowest BCUT2D eigenvalue weighted by Gasteiger charge is -2.36. The lowest BCUT2D eigenvalue weighted by molar-refractivity contribution is -0.138. The van der Waals surface area contributed by atoms with Crippen molar-refractivity contribution < 1.29 is 18.8 Å². The second-order valence-electron chi connectivity index (χ2n) is 9.46. The highest BCUT2D eigenvalue weighted by Crippen LogP contribution is 2.29. The van der Waals surface area contributed by atoms with Crippen LogP contribution in [-0.4, -0.2) is 66.8 Å². The van der Waals surface area contributed by atoms with Crippen LogP contribution in [0.3, 0.4) is 0 Å². The van der Waals surface area contributed by atoms with E-state index in [9.17, 15) is 18.8 Å². The Labute approximate surface area is 196 Å². The van der Waals surface area contributed by atoms with Crippen molar-refractivity contribution in [2.75, 3.05) is 38.5 Å². The molecule has 1 heterocycles. The van der Waals surface area contributed by atoms with Crippen LogP contribution in [0, 0.1) is 11.7 Å². The van der Waals surface area contributed by atoms with Crippen LogP contribution in [0.15, 0.2) is 18.2 Å². The summed E-state index contributed by atoms with van der Waals surface area (Å²) in [7, 11) is 2.01. The van der Waals surface area contributed by atoms with E-state index in [4.69, 9.17) is 0 Å². The van der Waals surface area contributed by atoms with Crippen LogP contribution in [-0.2, 0) is 14.4 Å². The number of hydrogen-bond acceptors (Lipinski definition) is 4. The predicted octanol–water partition coefficient (Wildman–Crippen LogP) is 3.12. The highest BCUT2D eigenvalue weighted by Gasteiger charge is 2.33. The molecular weight excluding hydrogens is 423 g/mol. The van der Waals surface area contributed by atoms with Crippen LogP contribution in [0.4, 0.5) is 10.1 Å². The van der Waals surface area contributed by atoms with Gasteiger partial charge >= 0.3 is 0 Å². The van der Waals surface area contributed by atoms with Crippen molar-refractivity contribution in [3.63, 3.8) is 0 Å². The van der Waals surface area contributed by atoms with Gasteiger partial charge in [0.2, 0.25) is 17.7 Å². The summed E-state index contributed by atoms with van der Waals surface area (Å²) in [6.07, 6.45) is 5.10. The number of carbonyl (C=O) groups is 3. The van der Waals surface area contributed by atoms with Crippen molar-refractivity contribution >= 4 is 23.4 Å². The predicted molar refractivity (Wildman–Crippen MR) is 126 cm³/mol.